The number of sulfonamides is 1. The molecule has 2 aromatic carbocycles. The highest BCUT2D eigenvalue weighted by Gasteiger charge is 2.27. The first kappa shape index (κ1) is 23.2. The molecule has 0 bridgehead atoms. The highest BCUT2D eigenvalue weighted by atomic mass is 32.2. The molecule has 8 heteroatoms. The van der Waals surface area contributed by atoms with Crippen LogP contribution in [0, 0.1) is 0 Å². The highest BCUT2D eigenvalue weighted by molar-refractivity contribution is 7.89. The minimum absolute atomic E-state index is 0.0743. The van der Waals surface area contributed by atoms with Gasteiger partial charge in [-0.3, -0.25) is 4.79 Å². The number of benzene rings is 2. The van der Waals surface area contributed by atoms with Crippen LogP contribution >= 0.6 is 0 Å². The maximum atomic E-state index is 13.3. The number of hydrogen-bond acceptors (Lipinski definition) is 5. The molecule has 3 rings (SSSR count). The van der Waals surface area contributed by atoms with E-state index in [0.29, 0.717) is 44.0 Å². The molecule has 1 N–H and O–H groups in total. The molecule has 7 nitrogen and oxygen atoms in total. The lowest BCUT2D eigenvalue weighted by molar-refractivity contribution is 0.0757. The normalized spacial score (nSPS) is 15.9. The summed E-state index contributed by atoms with van der Waals surface area (Å²) in [6.07, 6.45) is 0. The van der Waals surface area contributed by atoms with Gasteiger partial charge in [-0.15, -0.1) is 0 Å². The Hall–Kier alpha value is -2.42. The fraction of sp³-hybridized carbons (Fsp3) is 0.435. The SMILES string of the molecule is COc1ccc(C(=O)N(CCS(=O)(=O)N2CCNCC2)C[C@H](C)c2ccccc2)cc1. The van der Waals surface area contributed by atoms with Crippen molar-refractivity contribution < 1.29 is 17.9 Å². The van der Waals surface area contributed by atoms with Crippen molar-refractivity contribution in [2.75, 3.05) is 52.1 Å². The second kappa shape index (κ2) is 10.7. The summed E-state index contributed by atoms with van der Waals surface area (Å²) in [5.41, 5.74) is 1.63. The smallest absolute Gasteiger partial charge is 0.253 e. The number of nitrogens with one attached hydrogen (secondary N) is 1. The van der Waals surface area contributed by atoms with Crippen LogP contribution in [0.3, 0.4) is 0 Å². The van der Waals surface area contributed by atoms with Crippen molar-refractivity contribution in [3.63, 3.8) is 0 Å². The molecule has 0 aliphatic carbocycles. The third-order valence-corrected chi connectivity index (χ3v) is 7.43. The molecule has 1 aliphatic heterocycles. The summed E-state index contributed by atoms with van der Waals surface area (Å²) in [7, 11) is -1.85. The minimum atomic E-state index is -3.43. The van der Waals surface area contributed by atoms with Gasteiger partial charge in [-0.1, -0.05) is 37.3 Å². The van der Waals surface area contributed by atoms with E-state index in [1.54, 1.807) is 36.3 Å². The van der Waals surface area contributed by atoms with Crippen LogP contribution < -0.4 is 10.1 Å². The molecule has 1 fully saturated rings. The van der Waals surface area contributed by atoms with Gasteiger partial charge in [0, 0.05) is 44.8 Å². The molecule has 1 heterocycles. The average Bonchev–Trinajstić information content (AvgIpc) is 2.82. The van der Waals surface area contributed by atoms with E-state index in [-0.39, 0.29) is 24.1 Å². The lowest BCUT2D eigenvalue weighted by Gasteiger charge is -2.30. The fourth-order valence-corrected chi connectivity index (χ4v) is 5.13. The molecule has 31 heavy (non-hydrogen) atoms. The molecular weight excluding hydrogens is 414 g/mol. The van der Waals surface area contributed by atoms with Crippen LogP contribution in [0.1, 0.15) is 28.8 Å². The number of piperazine rings is 1. The molecule has 168 valence electrons. The van der Waals surface area contributed by atoms with Crippen molar-refractivity contribution in [2.24, 2.45) is 0 Å². The number of hydrogen-bond donors (Lipinski definition) is 1. The fourth-order valence-electron chi connectivity index (χ4n) is 3.69. The van der Waals surface area contributed by atoms with E-state index < -0.39 is 10.0 Å². The largest absolute Gasteiger partial charge is 0.497 e. The Balaban J connectivity index is 1.76. The van der Waals surface area contributed by atoms with Crippen molar-refractivity contribution >= 4 is 15.9 Å². The third kappa shape index (κ3) is 6.29. The van der Waals surface area contributed by atoms with E-state index in [4.69, 9.17) is 4.74 Å². The summed E-state index contributed by atoms with van der Waals surface area (Å²) in [6, 6.07) is 16.9. The Kier molecular flexibility index (Phi) is 8.06. The maximum absolute atomic E-state index is 13.3. The Morgan fingerprint density at radius 1 is 1.10 bits per heavy atom. The van der Waals surface area contributed by atoms with Crippen molar-refractivity contribution in [3.05, 3.63) is 65.7 Å². The van der Waals surface area contributed by atoms with Crippen LogP contribution in [0.5, 0.6) is 5.75 Å². The Labute approximate surface area is 185 Å². The molecule has 0 radical (unpaired) electrons. The standard InChI is InChI=1S/C23H31N3O4S/c1-19(20-6-4-3-5-7-20)18-25(23(27)21-8-10-22(30-2)11-9-21)16-17-31(28,29)26-14-12-24-13-15-26/h3-11,19,24H,12-18H2,1-2H3/t19-/m0/s1. The Morgan fingerprint density at radius 3 is 2.35 bits per heavy atom. The van der Waals surface area contributed by atoms with Gasteiger partial charge < -0.3 is 15.0 Å². The first-order chi connectivity index (χ1) is 14.9. The van der Waals surface area contributed by atoms with Gasteiger partial charge in [0.05, 0.1) is 12.9 Å². The molecule has 1 atom stereocenters. The number of nitrogens with zero attached hydrogens (tertiary/aromatic N) is 2. The molecule has 2 aromatic rings. The molecule has 0 saturated carbocycles. The van der Waals surface area contributed by atoms with E-state index in [0.717, 1.165) is 5.56 Å². The lowest BCUT2D eigenvalue weighted by atomic mass is 10.0. The van der Waals surface area contributed by atoms with Crippen LogP contribution in [0.25, 0.3) is 0 Å². The first-order valence-electron chi connectivity index (χ1n) is 10.6. The summed E-state index contributed by atoms with van der Waals surface area (Å²) in [5, 5.41) is 3.16. The maximum Gasteiger partial charge on any atom is 0.253 e. The number of carbonyl (C=O) groups excluding carboxylic acids is 1. The summed E-state index contributed by atoms with van der Waals surface area (Å²) in [4.78, 5) is 14.9. The van der Waals surface area contributed by atoms with Crippen LogP contribution in [0.4, 0.5) is 0 Å². The molecule has 1 aliphatic rings. The Morgan fingerprint density at radius 2 is 1.74 bits per heavy atom. The summed E-state index contributed by atoms with van der Waals surface area (Å²) in [5.74, 6) is 0.476. The number of methoxy groups -OCH3 is 1. The van der Waals surface area contributed by atoms with Gasteiger partial charge in [-0.25, -0.2) is 8.42 Å². The monoisotopic (exact) mass is 445 g/mol. The molecular formula is C23H31N3O4S. The molecule has 0 unspecified atom stereocenters. The number of ether oxygens (including phenoxy) is 1. The zero-order valence-corrected chi connectivity index (χ0v) is 19.0. The highest BCUT2D eigenvalue weighted by Crippen LogP contribution is 2.19. The predicted octanol–water partition coefficient (Wildman–Crippen LogP) is 2.18. The number of rotatable bonds is 9. The van der Waals surface area contributed by atoms with Gasteiger partial charge in [0.15, 0.2) is 0 Å². The molecule has 1 saturated heterocycles. The van der Waals surface area contributed by atoms with Crippen LogP contribution in [-0.4, -0.2) is 75.7 Å². The second-order valence-electron chi connectivity index (χ2n) is 7.76. The van der Waals surface area contributed by atoms with E-state index in [1.807, 2.05) is 30.3 Å². The van der Waals surface area contributed by atoms with Gasteiger partial charge in [-0.2, -0.15) is 4.31 Å². The molecule has 0 aromatic heterocycles. The predicted molar refractivity (Wildman–Crippen MR) is 122 cm³/mol. The van der Waals surface area contributed by atoms with Gasteiger partial charge in [-0.05, 0) is 35.7 Å². The summed E-state index contributed by atoms with van der Waals surface area (Å²) < 4.78 is 32.4. The van der Waals surface area contributed by atoms with Crippen molar-refractivity contribution in [1.82, 2.24) is 14.5 Å². The van der Waals surface area contributed by atoms with Crippen LogP contribution in [-0.2, 0) is 10.0 Å². The van der Waals surface area contributed by atoms with E-state index in [9.17, 15) is 13.2 Å². The molecule has 1 amide bonds. The Bertz CT molecular complexity index is 943. The topological polar surface area (TPSA) is 79.0 Å². The average molecular weight is 446 g/mol. The minimum Gasteiger partial charge on any atom is -0.497 e. The van der Waals surface area contributed by atoms with Gasteiger partial charge in [0.25, 0.3) is 5.91 Å². The third-order valence-electron chi connectivity index (χ3n) is 5.58. The first-order valence-corrected chi connectivity index (χ1v) is 12.2. The van der Waals surface area contributed by atoms with Gasteiger partial charge in [0.2, 0.25) is 10.0 Å². The zero-order chi connectivity index (χ0) is 22.3. The molecule has 0 spiro atoms. The van der Waals surface area contributed by atoms with Crippen molar-refractivity contribution in [3.8, 4) is 5.75 Å². The van der Waals surface area contributed by atoms with E-state index in [1.165, 1.54) is 4.31 Å². The number of carbonyl (C=O) groups is 1. The zero-order valence-electron chi connectivity index (χ0n) is 18.2. The van der Waals surface area contributed by atoms with Crippen LogP contribution in [0.2, 0.25) is 0 Å². The van der Waals surface area contributed by atoms with Gasteiger partial charge in [0.1, 0.15) is 5.75 Å². The van der Waals surface area contributed by atoms with Crippen molar-refractivity contribution in [1.29, 1.82) is 0 Å². The second-order valence-corrected chi connectivity index (χ2v) is 9.84. The summed E-state index contributed by atoms with van der Waals surface area (Å²) >= 11 is 0. The van der Waals surface area contributed by atoms with Crippen LogP contribution in [0.15, 0.2) is 54.6 Å². The quantitative estimate of drug-likeness (QED) is 0.640. The van der Waals surface area contributed by atoms with Gasteiger partial charge >= 0.3 is 0 Å². The summed E-state index contributed by atoms with van der Waals surface area (Å²) in [6.45, 7) is 4.87. The lowest BCUT2D eigenvalue weighted by Crippen LogP contribution is -2.48. The van der Waals surface area contributed by atoms with Crippen molar-refractivity contribution in [2.45, 2.75) is 12.8 Å². The van der Waals surface area contributed by atoms with E-state index in [2.05, 4.69) is 12.2 Å². The number of amides is 1. The van der Waals surface area contributed by atoms with E-state index >= 15 is 0 Å².